The number of likely N-dealkylation sites (N-methyl/N-ethyl adjacent to an activating group) is 1. The third-order valence-electron chi connectivity index (χ3n) is 9.30. The fourth-order valence-electron chi connectivity index (χ4n) is 6.46. The average molecular weight is 631 g/mol. The van der Waals surface area contributed by atoms with Gasteiger partial charge in [-0.05, 0) is 74.2 Å². The summed E-state index contributed by atoms with van der Waals surface area (Å²) in [6.45, 7) is 2.40. The zero-order valence-electron chi connectivity index (χ0n) is 25.0. The van der Waals surface area contributed by atoms with Crippen LogP contribution in [-0.4, -0.2) is 71.7 Å². The first-order valence-corrected chi connectivity index (χ1v) is 17.9. The molecule has 230 valence electrons. The predicted octanol–water partition coefficient (Wildman–Crippen LogP) is 5.87. The second-order valence-electron chi connectivity index (χ2n) is 12.5. The average Bonchev–Trinajstić information content (AvgIpc) is 3.61. The number of rotatable bonds is 9. The second kappa shape index (κ2) is 12.3. The summed E-state index contributed by atoms with van der Waals surface area (Å²) in [5, 5.41) is 3.61. The maximum absolute atomic E-state index is 13.8. The van der Waals surface area contributed by atoms with Gasteiger partial charge in [0, 0.05) is 49.6 Å². The van der Waals surface area contributed by atoms with Gasteiger partial charge in [-0.25, -0.2) is 18.4 Å². The van der Waals surface area contributed by atoms with E-state index in [1.807, 2.05) is 43.6 Å². The van der Waals surface area contributed by atoms with Crippen LogP contribution in [0.1, 0.15) is 68.0 Å². The molecule has 1 aliphatic heterocycles. The number of nitrogens with one attached hydrogen (secondary N) is 1. The Morgan fingerprint density at radius 2 is 1.73 bits per heavy atom. The topological polar surface area (TPSA) is 108 Å². The standard InChI is InChI=1S/C33H38N6O3S2/c1-38-16-18-39(19-17-38)44(41,42)26-10-8-23(9-11-26)27(20-22-4-2-3-5-22)31(40)37-33-36-29-13-12-28(35-32(29)43-33)25-14-15-34-30(21-25)24-6-7-24/h8-15,21-22,24,27H,2-7,16-20H2,1H3,(H,36,37,40)/t27-/m1/s1. The Balaban J connectivity index is 1.10. The van der Waals surface area contributed by atoms with Crippen molar-refractivity contribution in [3.63, 3.8) is 0 Å². The molecule has 1 saturated heterocycles. The number of hydrogen-bond acceptors (Lipinski definition) is 8. The number of pyridine rings is 2. The highest BCUT2D eigenvalue weighted by Crippen LogP contribution is 2.40. The Bertz CT molecular complexity index is 1760. The van der Waals surface area contributed by atoms with E-state index in [4.69, 9.17) is 4.98 Å². The van der Waals surface area contributed by atoms with Crippen LogP contribution in [0.25, 0.3) is 21.6 Å². The number of fused-ring (bicyclic) bond motifs is 1. The summed E-state index contributed by atoms with van der Waals surface area (Å²) in [7, 11) is -1.57. The molecule has 2 aliphatic carbocycles. The normalized spacial score (nSPS) is 19.4. The van der Waals surface area contributed by atoms with Crippen LogP contribution in [0.2, 0.25) is 0 Å². The molecule has 3 aromatic heterocycles. The zero-order valence-corrected chi connectivity index (χ0v) is 26.6. The Kier molecular flexibility index (Phi) is 8.21. The highest BCUT2D eigenvalue weighted by Gasteiger charge is 2.30. The lowest BCUT2D eigenvalue weighted by atomic mass is 9.87. The van der Waals surface area contributed by atoms with E-state index in [9.17, 15) is 13.2 Å². The molecule has 2 saturated carbocycles. The third kappa shape index (κ3) is 6.28. The molecule has 0 radical (unpaired) electrons. The Labute approximate surface area is 262 Å². The van der Waals surface area contributed by atoms with Gasteiger partial charge in [-0.2, -0.15) is 4.31 Å². The van der Waals surface area contributed by atoms with Crippen molar-refractivity contribution in [2.45, 2.75) is 61.7 Å². The van der Waals surface area contributed by atoms with Gasteiger partial charge in [-0.1, -0.05) is 49.2 Å². The SMILES string of the molecule is CN1CCN(S(=O)(=O)c2ccc([C@@H](CC3CCCC3)C(=O)Nc3nc4ccc(-c5ccnc(C6CC6)c5)nc4s3)cc2)CC1. The van der Waals surface area contributed by atoms with E-state index >= 15 is 0 Å². The summed E-state index contributed by atoms with van der Waals surface area (Å²) in [4.78, 5) is 31.1. The molecular formula is C33H38N6O3S2. The lowest BCUT2D eigenvalue weighted by molar-refractivity contribution is -0.118. The summed E-state index contributed by atoms with van der Waals surface area (Å²) in [6, 6.07) is 15.0. The number of piperazine rings is 1. The van der Waals surface area contributed by atoms with Crippen LogP contribution in [-0.2, 0) is 14.8 Å². The van der Waals surface area contributed by atoms with Crippen molar-refractivity contribution in [2.24, 2.45) is 5.92 Å². The molecule has 44 heavy (non-hydrogen) atoms. The number of thiazole rings is 1. The number of nitrogens with zero attached hydrogens (tertiary/aromatic N) is 5. The van der Waals surface area contributed by atoms with E-state index < -0.39 is 15.9 Å². The van der Waals surface area contributed by atoms with E-state index in [1.54, 1.807) is 16.4 Å². The highest BCUT2D eigenvalue weighted by molar-refractivity contribution is 7.89. The summed E-state index contributed by atoms with van der Waals surface area (Å²) in [6.07, 6.45) is 9.58. The molecule has 1 amide bonds. The van der Waals surface area contributed by atoms with Gasteiger partial charge in [0.1, 0.15) is 10.3 Å². The van der Waals surface area contributed by atoms with Crippen LogP contribution >= 0.6 is 11.3 Å². The molecule has 4 heterocycles. The van der Waals surface area contributed by atoms with Crippen molar-refractivity contribution in [3.05, 3.63) is 66.0 Å². The van der Waals surface area contributed by atoms with Gasteiger partial charge in [-0.15, -0.1) is 0 Å². The van der Waals surface area contributed by atoms with Crippen LogP contribution in [0.3, 0.4) is 0 Å². The molecule has 9 nitrogen and oxygen atoms in total. The first-order valence-electron chi connectivity index (χ1n) is 15.7. The molecule has 3 fully saturated rings. The Hall–Kier alpha value is -3.25. The maximum Gasteiger partial charge on any atom is 0.243 e. The van der Waals surface area contributed by atoms with E-state index in [1.165, 1.54) is 37.0 Å². The molecular weight excluding hydrogens is 593 g/mol. The maximum atomic E-state index is 13.8. The van der Waals surface area contributed by atoms with Gasteiger partial charge in [0.2, 0.25) is 15.9 Å². The van der Waals surface area contributed by atoms with Crippen molar-refractivity contribution in [1.29, 1.82) is 0 Å². The van der Waals surface area contributed by atoms with E-state index in [2.05, 4.69) is 26.3 Å². The van der Waals surface area contributed by atoms with Gasteiger partial charge in [0.25, 0.3) is 0 Å². The van der Waals surface area contributed by atoms with E-state index in [0.29, 0.717) is 43.1 Å². The van der Waals surface area contributed by atoms with Crippen molar-refractivity contribution in [2.75, 3.05) is 38.5 Å². The molecule has 4 aromatic rings. The summed E-state index contributed by atoms with van der Waals surface area (Å²) in [5.41, 5.74) is 4.61. The van der Waals surface area contributed by atoms with Gasteiger partial charge in [0.05, 0.1) is 16.5 Å². The number of sulfonamides is 1. The number of anilines is 1. The minimum absolute atomic E-state index is 0.117. The molecule has 0 bridgehead atoms. The molecule has 1 atom stereocenters. The summed E-state index contributed by atoms with van der Waals surface area (Å²) >= 11 is 1.38. The largest absolute Gasteiger partial charge is 0.304 e. The molecule has 3 aliphatic rings. The minimum atomic E-state index is -3.57. The van der Waals surface area contributed by atoms with Crippen molar-refractivity contribution in [1.82, 2.24) is 24.2 Å². The van der Waals surface area contributed by atoms with Crippen LogP contribution in [0.15, 0.2) is 59.6 Å². The lowest BCUT2D eigenvalue weighted by Gasteiger charge is -2.31. The first kappa shape index (κ1) is 29.5. The predicted molar refractivity (Wildman–Crippen MR) is 173 cm³/mol. The smallest absolute Gasteiger partial charge is 0.243 e. The first-order chi connectivity index (χ1) is 21.3. The molecule has 0 unspecified atom stereocenters. The van der Waals surface area contributed by atoms with Gasteiger partial charge in [-0.3, -0.25) is 9.78 Å². The van der Waals surface area contributed by atoms with Crippen LogP contribution < -0.4 is 5.32 Å². The monoisotopic (exact) mass is 630 g/mol. The molecule has 11 heteroatoms. The zero-order chi connectivity index (χ0) is 30.3. The number of carbonyl (C=O) groups is 1. The summed E-state index contributed by atoms with van der Waals surface area (Å²) < 4.78 is 28.1. The fraction of sp³-hybridized carbons (Fsp3) is 0.455. The summed E-state index contributed by atoms with van der Waals surface area (Å²) in [5.74, 6) is 0.527. The minimum Gasteiger partial charge on any atom is -0.304 e. The van der Waals surface area contributed by atoms with E-state index in [-0.39, 0.29) is 10.8 Å². The van der Waals surface area contributed by atoms with Crippen LogP contribution in [0, 0.1) is 5.92 Å². The van der Waals surface area contributed by atoms with Crippen LogP contribution in [0.4, 0.5) is 5.13 Å². The number of aromatic nitrogens is 3. The third-order valence-corrected chi connectivity index (χ3v) is 12.1. The number of benzene rings is 1. The van der Waals surface area contributed by atoms with Gasteiger partial charge in [0.15, 0.2) is 5.13 Å². The quantitative estimate of drug-likeness (QED) is 0.246. The Morgan fingerprint density at radius 1 is 0.977 bits per heavy atom. The number of hydrogen-bond donors (Lipinski definition) is 1. The number of amides is 1. The van der Waals surface area contributed by atoms with Gasteiger partial charge >= 0.3 is 0 Å². The molecule has 1 N–H and O–H groups in total. The molecule has 0 spiro atoms. The second-order valence-corrected chi connectivity index (χ2v) is 15.4. The van der Waals surface area contributed by atoms with Crippen molar-refractivity contribution >= 4 is 42.7 Å². The highest BCUT2D eigenvalue weighted by atomic mass is 32.2. The van der Waals surface area contributed by atoms with E-state index in [0.717, 1.165) is 52.1 Å². The van der Waals surface area contributed by atoms with Crippen LogP contribution in [0.5, 0.6) is 0 Å². The van der Waals surface area contributed by atoms with Gasteiger partial charge < -0.3 is 10.2 Å². The molecule has 7 rings (SSSR count). The molecule has 1 aromatic carbocycles. The van der Waals surface area contributed by atoms with Crippen molar-refractivity contribution < 1.29 is 13.2 Å². The number of carbonyl (C=O) groups excluding carboxylic acids is 1. The van der Waals surface area contributed by atoms with Crippen molar-refractivity contribution in [3.8, 4) is 11.3 Å². The lowest BCUT2D eigenvalue weighted by Crippen LogP contribution is -2.47. The fourth-order valence-corrected chi connectivity index (χ4v) is 8.72. The Morgan fingerprint density at radius 3 is 2.45 bits per heavy atom.